The molecule has 564 valence electrons. The van der Waals surface area contributed by atoms with Crippen LogP contribution >= 0.6 is 11.6 Å². The van der Waals surface area contributed by atoms with E-state index < -0.39 is 0 Å². The molecule has 121 heavy (non-hydrogen) atoms. The highest BCUT2D eigenvalue weighted by Gasteiger charge is 2.24. The molecule has 0 fully saturated rings. The largest absolute Gasteiger partial charge is 0.354 e. The van der Waals surface area contributed by atoms with Gasteiger partial charge in [0, 0.05) is 92.7 Å². The average molecular weight is 1560 g/mol. The molecule has 20 aromatic carbocycles. The van der Waals surface area contributed by atoms with Crippen LogP contribution in [-0.2, 0) is 0 Å². The minimum absolute atomic E-state index is 0.262. The van der Waals surface area contributed by atoms with Gasteiger partial charge in [0.2, 0.25) is 11.2 Å². The molecule has 6 heterocycles. The number of aromatic amines is 1. The number of hydrogen-bond donors (Lipinski definition) is 1. The van der Waals surface area contributed by atoms with E-state index in [1.54, 1.807) is 0 Å². The van der Waals surface area contributed by atoms with Gasteiger partial charge in [-0.2, -0.15) is 0 Å². The number of halogens is 1. The third-order valence-electron chi connectivity index (χ3n) is 24.6. The van der Waals surface area contributed by atoms with Crippen molar-refractivity contribution in [1.29, 1.82) is 0 Å². The van der Waals surface area contributed by atoms with Crippen molar-refractivity contribution < 1.29 is 0 Å². The lowest BCUT2D eigenvalue weighted by Crippen LogP contribution is -2.04. The first-order valence-electron chi connectivity index (χ1n) is 41.0. The zero-order chi connectivity index (χ0) is 79.8. The van der Waals surface area contributed by atoms with E-state index in [0.717, 1.165) is 83.1 Å². The molecular weight excluding hydrogens is 1490 g/mol. The maximum absolute atomic E-state index is 6.23. The van der Waals surface area contributed by atoms with Gasteiger partial charge >= 0.3 is 0 Å². The van der Waals surface area contributed by atoms with Gasteiger partial charge in [-0.25, -0.2) is 19.9 Å². The zero-order valence-electron chi connectivity index (χ0n) is 65.3. The lowest BCUT2D eigenvalue weighted by atomic mass is 9.97. The highest BCUT2D eigenvalue weighted by atomic mass is 35.5. The second kappa shape index (κ2) is 28.2. The van der Waals surface area contributed by atoms with Crippen LogP contribution in [0.15, 0.2) is 413 Å². The number of benzene rings is 20. The predicted octanol–water partition coefficient (Wildman–Crippen LogP) is 30.1. The smallest absolute Gasteiger partial charge is 0.235 e. The number of H-pyrrole nitrogens is 1. The summed E-state index contributed by atoms with van der Waals surface area (Å²) < 4.78 is 7.07. The van der Waals surface area contributed by atoms with Crippen LogP contribution in [0.3, 0.4) is 0 Å². The Morgan fingerprint density at radius 2 is 0.595 bits per heavy atom. The van der Waals surface area contributed by atoms with E-state index in [0.29, 0.717) is 5.95 Å². The minimum atomic E-state index is 0.262. The number of hydrogen-bond acceptors (Lipinski definition) is 4. The van der Waals surface area contributed by atoms with Gasteiger partial charge in [0.15, 0.2) is 0 Å². The van der Waals surface area contributed by atoms with Crippen molar-refractivity contribution in [3.05, 3.63) is 418 Å². The Morgan fingerprint density at radius 3 is 1.15 bits per heavy atom. The topological polar surface area (TPSA) is 82.1 Å². The summed E-state index contributed by atoms with van der Waals surface area (Å²) in [5.41, 5.74) is 22.0. The second-order valence-electron chi connectivity index (χ2n) is 31.4. The van der Waals surface area contributed by atoms with E-state index in [1.165, 1.54) is 147 Å². The van der Waals surface area contributed by atoms with Crippen LogP contribution in [-0.4, -0.2) is 38.6 Å². The summed E-state index contributed by atoms with van der Waals surface area (Å²) in [6.45, 7) is 0. The van der Waals surface area contributed by atoms with Crippen molar-refractivity contribution >= 4 is 185 Å². The Morgan fingerprint density at radius 1 is 0.207 bits per heavy atom. The van der Waals surface area contributed by atoms with Gasteiger partial charge in [-0.3, -0.25) is 4.57 Å². The van der Waals surface area contributed by atoms with Crippen molar-refractivity contribution in [3.8, 4) is 62.1 Å². The molecule has 6 aromatic heterocycles. The SMILES string of the molecule is Clc1nc(-c2ccc3ccccc3c2)c2cc(-c3ccccc3)ccc2n1.c1ccc(-c2ccc3nc(-n4c5ccccc5c5ccc6c7cc8c9ccccc9n(-c9ccccc9)c8cc7ccc6c54)nc(-c4ccc5ccccc5c4)c3c2)cc1.c1ccc(-n2c3ccccc3c3cc4c(ccc5c4ccc4c6ccccc6[nH]c45)cc32)cc1. The van der Waals surface area contributed by atoms with Gasteiger partial charge in [-0.1, -0.05) is 303 Å². The molecule has 0 saturated heterocycles. The molecule has 0 saturated carbocycles. The molecule has 0 radical (unpaired) electrons. The lowest BCUT2D eigenvalue weighted by Gasteiger charge is -2.14. The fourth-order valence-electron chi connectivity index (χ4n) is 19.0. The number of fused-ring (bicyclic) bond motifs is 24. The summed E-state index contributed by atoms with van der Waals surface area (Å²) >= 11 is 6.23. The summed E-state index contributed by atoms with van der Waals surface area (Å²) in [6, 6.07) is 147. The third-order valence-corrected chi connectivity index (χ3v) is 24.7. The molecule has 26 aromatic rings. The van der Waals surface area contributed by atoms with Crippen molar-refractivity contribution in [2.24, 2.45) is 0 Å². The number of rotatable bonds is 7. The first-order valence-corrected chi connectivity index (χ1v) is 41.4. The van der Waals surface area contributed by atoms with Gasteiger partial charge in [0.25, 0.3) is 0 Å². The van der Waals surface area contributed by atoms with Gasteiger partial charge < -0.3 is 14.1 Å². The molecule has 9 heteroatoms. The number of nitrogens with one attached hydrogen (secondary N) is 1. The molecule has 0 unspecified atom stereocenters. The standard InChI is InChI=1S/C56H34N4.C32H20N2.C24H15ClN2/c1-3-13-35(14-4-1)38-26-30-50-49(32-38)54(40-24-23-36-15-7-8-16-37(36)31-40)58-56(57-50)60-52-22-12-9-19-43(52)46-29-28-42-45(55(46)60)27-25-39-33-53-48(34-47(39)42)44-20-10-11-21-51(44)59(53)41-17-5-2-6-18-41;1-2-8-21(9-3-1)34-30-13-7-5-11-24(30)28-19-27-20(18-31(28)34)14-15-25-22(27)16-17-26-23-10-4-6-12-29(23)33-32(25)26;25-24-26-22-13-12-19(16-6-2-1-3-7-16)15-21(22)23(27-24)20-11-10-17-8-4-5-9-18(17)14-20/h1-34H;1-19,33H;1-15H. The summed E-state index contributed by atoms with van der Waals surface area (Å²) in [7, 11) is 0. The fourth-order valence-corrected chi connectivity index (χ4v) is 19.1. The Bertz CT molecular complexity index is 8730. The van der Waals surface area contributed by atoms with Crippen LogP contribution in [0.4, 0.5) is 0 Å². The lowest BCUT2D eigenvalue weighted by molar-refractivity contribution is 1.02. The maximum Gasteiger partial charge on any atom is 0.235 e. The van der Waals surface area contributed by atoms with Crippen LogP contribution in [0.5, 0.6) is 0 Å². The molecule has 0 aliphatic rings. The van der Waals surface area contributed by atoms with E-state index in [2.05, 4.69) is 405 Å². The Hall–Kier alpha value is -15.9. The third kappa shape index (κ3) is 11.6. The summed E-state index contributed by atoms with van der Waals surface area (Å²) in [5.74, 6) is 0.651. The molecule has 1 N–H and O–H groups in total. The number of nitrogens with zero attached hydrogens (tertiary/aromatic N) is 7. The molecular formula is C112H69ClN8. The quantitative estimate of drug-likeness (QED) is 0.127. The Balaban J connectivity index is 0.000000114. The van der Waals surface area contributed by atoms with E-state index in [9.17, 15) is 0 Å². The summed E-state index contributed by atoms with van der Waals surface area (Å²) in [5, 5.41) is 26.9. The van der Waals surface area contributed by atoms with E-state index >= 15 is 0 Å². The zero-order valence-corrected chi connectivity index (χ0v) is 66.0. The van der Waals surface area contributed by atoms with E-state index in [1.807, 2.05) is 36.4 Å². The monoisotopic (exact) mass is 1560 g/mol. The molecule has 0 aliphatic carbocycles. The Kier molecular flexibility index (Phi) is 16.2. The van der Waals surface area contributed by atoms with Crippen molar-refractivity contribution in [1.82, 2.24) is 38.6 Å². The van der Waals surface area contributed by atoms with Gasteiger partial charge in [-0.15, -0.1) is 0 Å². The molecule has 0 atom stereocenters. The fraction of sp³-hybridized carbons (Fsp3) is 0. The van der Waals surface area contributed by atoms with Crippen molar-refractivity contribution in [2.75, 3.05) is 0 Å². The summed E-state index contributed by atoms with van der Waals surface area (Å²) in [6.07, 6.45) is 0. The molecule has 0 spiro atoms. The first-order chi connectivity index (χ1) is 59.9. The second-order valence-corrected chi connectivity index (χ2v) is 31.7. The predicted molar refractivity (Wildman–Crippen MR) is 510 cm³/mol. The molecule has 8 nitrogen and oxygen atoms in total. The van der Waals surface area contributed by atoms with Gasteiger partial charge in [-0.05, 0) is 197 Å². The average Bonchev–Trinajstić information content (AvgIpc) is 1.58. The van der Waals surface area contributed by atoms with Gasteiger partial charge in [0.05, 0.1) is 61.0 Å². The van der Waals surface area contributed by atoms with E-state index in [-0.39, 0.29) is 5.28 Å². The minimum Gasteiger partial charge on any atom is -0.354 e. The summed E-state index contributed by atoms with van der Waals surface area (Å²) in [4.78, 5) is 23.7. The first kappa shape index (κ1) is 69.4. The highest BCUT2D eigenvalue weighted by Crippen LogP contribution is 2.45. The van der Waals surface area contributed by atoms with Crippen LogP contribution in [0.2, 0.25) is 5.28 Å². The normalized spacial score (nSPS) is 11.8. The van der Waals surface area contributed by atoms with Crippen LogP contribution in [0.25, 0.3) is 236 Å². The Labute approximate surface area is 699 Å². The molecule has 26 rings (SSSR count). The van der Waals surface area contributed by atoms with Crippen LogP contribution in [0.1, 0.15) is 0 Å². The molecule has 0 aliphatic heterocycles. The molecule has 0 amide bonds. The molecule has 0 bridgehead atoms. The van der Waals surface area contributed by atoms with E-state index in [4.69, 9.17) is 21.6 Å². The van der Waals surface area contributed by atoms with Crippen LogP contribution in [0, 0.1) is 0 Å². The van der Waals surface area contributed by atoms with Gasteiger partial charge in [0.1, 0.15) is 0 Å². The van der Waals surface area contributed by atoms with Crippen molar-refractivity contribution in [3.63, 3.8) is 0 Å². The van der Waals surface area contributed by atoms with Crippen molar-refractivity contribution in [2.45, 2.75) is 0 Å². The highest BCUT2D eigenvalue weighted by molar-refractivity contribution is 6.29. The number of aromatic nitrogens is 8. The maximum atomic E-state index is 6.23. The number of para-hydroxylation sites is 6. The van der Waals surface area contributed by atoms with Crippen LogP contribution < -0.4 is 0 Å².